The zero-order valence-electron chi connectivity index (χ0n) is 30.8. The molecule has 0 radical (unpaired) electrons. The number of rotatable bonds is 15. The van der Waals surface area contributed by atoms with Crippen molar-refractivity contribution in [1.29, 1.82) is 5.26 Å². The van der Waals surface area contributed by atoms with E-state index in [0.29, 0.717) is 28.1 Å². The summed E-state index contributed by atoms with van der Waals surface area (Å²) in [5.41, 5.74) is 4.86. The van der Waals surface area contributed by atoms with E-state index in [0.717, 1.165) is 54.9 Å². The maximum atomic E-state index is 13.7. The lowest BCUT2D eigenvalue weighted by atomic mass is 9.99. The predicted molar refractivity (Wildman–Crippen MR) is 227 cm³/mol. The number of nitrogens with one attached hydrogen (secondary N) is 2. The number of thioether (sulfide) groups is 1. The molecule has 0 spiro atoms. The Morgan fingerprint density at radius 2 is 1.67 bits per heavy atom. The molecular formula is C42H39ClN8O4S2. The van der Waals surface area contributed by atoms with Gasteiger partial charge in [0.2, 0.25) is 0 Å². The monoisotopic (exact) mass is 818 g/mol. The van der Waals surface area contributed by atoms with E-state index in [2.05, 4.69) is 60.1 Å². The third-order valence-electron chi connectivity index (χ3n) is 9.79. The highest BCUT2D eigenvalue weighted by Gasteiger charge is 2.25. The summed E-state index contributed by atoms with van der Waals surface area (Å²) in [4.78, 5) is 25.7. The van der Waals surface area contributed by atoms with Crippen molar-refractivity contribution in [3.63, 3.8) is 0 Å². The molecule has 1 aliphatic heterocycles. The van der Waals surface area contributed by atoms with Gasteiger partial charge >= 0.3 is 0 Å². The van der Waals surface area contributed by atoms with Gasteiger partial charge in [0.25, 0.3) is 15.7 Å². The molecule has 2 N–H and O–H groups in total. The Morgan fingerprint density at radius 1 is 0.912 bits per heavy atom. The summed E-state index contributed by atoms with van der Waals surface area (Å²) in [6.45, 7) is 4.13. The van der Waals surface area contributed by atoms with Gasteiger partial charge in [0, 0.05) is 78.0 Å². The summed E-state index contributed by atoms with van der Waals surface area (Å²) in [7, 11) is -4.29. The predicted octanol–water partition coefficient (Wildman–Crippen LogP) is 8.86. The van der Waals surface area contributed by atoms with Crippen molar-refractivity contribution in [3.8, 4) is 17.2 Å². The van der Waals surface area contributed by atoms with Crippen LogP contribution in [0.25, 0.3) is 22.0 Å². The fraction of sp³-hybridized carbons (Fsp3) is 0.214. The number of halogens is 1. The highest BCUT2D eigenvalue weighted by atomic mass is 35.5. The average Bonchev–Trinajstić information content (AvgIpc) is 3.23. The Morgan fingerprint density at radius 3 is 2.42 bits per heavy atom. The quantitative estimate of drug-likeness (QED) is 0.0580. The van der Waals surface area contributed by atoms with Crippen LogP contribution in [0.3, 0.4) is 0 Å². The molecule has 1 fully saturated rings. The lowest BCUT2D eigenvalue weighted by molar-refractivity contribution is -0.384. The summed E-state index contributed by atoms with van der Waals surface area (Å²) in [6, 6.07) is 37.3. The molecule has 290 valence electrons. The summed E-state index contributed by atoms with van der Waals surface area (Å²) < 4.78 is 29.9. The van der Waals surface area contributed by atoms with Crippen molar-refractivity contribution in [1.82, 2.24) is 14.9 Å². The average molecular weight is 819 g/mol. The second-order valence-electron chi connectivity index (χ2n) is 13.6. The van der Waals surface area contributed by atoms with E-state index in [1.165, 1.54) is 29.6 Å². The molecule has 15 heteroatoms. The van der Waals surface area contributed by atoms with Crippen LogP contribution in [0.1, 0.15) is 18.4 Å². The molecule has 0 unspecified atom stereocenters. The van der Waals surface area contributed by atoms with Gasteiger partial charge in [-0.05, 0) is 77.7 Å². The highest BCUT2D eigenvalue weighted by Crippen LogP contribution is 2.33. The van der Waals surface area contributed by atoms with Crippen molar-refractivity contribution in [3.05, 3.63) is 142 Å². The van der Waals surface area contributed by atoms with Gasteiger partial charge in [0.1, 0.15) is 12.0 Å². The summed E-state index contributed by atoms with van der Waals surface area (Å²) in [5.74, 6) is 0.611. The SMILES string of the molecule is N#CCC[C@H](CSc1ccccc1)Nc1ccc(S(=O)(=O)Nc2ncnc3cc(N4CCN(Cc5ccccc5-c5ccc(Cl)cc5)CC4)ccc23)cc1[N+](=O)[O-]. The van der Waals surface area contributed by atoms with Crippen molar-refractivity contribution < 1.29 is 13.3 Å². The Kier molecular flexibility index (Phi) is 12.5. The second-order valence-corrected chi connectivity index (χ2v) is 16.8. The van der Waals surface area contributed by atoms with Crippen LogP contribution in [-0.2, 0) is 16.6 Å². The standard InChI is InChI=1S/C42H39ClN8O4S2/c43-32-14-12-30(13-15-32)37-11-5-4-7-31(37)27-49-21-23-50(24-22-49)34-16-18-38-40(25-34)45-29-46-42(38)48-57(54,55)36-17-19-39(41(26-36)51(52)53)47-33(8-6-20-44)28-56-35-9-2-1-3-10-35/h1-5,7,9-19,25-26,29,33,47H,6,8,21-24,27-28H2,(H,45,46,48)/t33-/m1/s1. The van der Waals surface area contributed by atoms with Gasteiger partial charge < -0.3 is 10.2 Å². The lowest BCUT2D eigenvalue weighted by Crippen LogP contribution is -2.46. The first-order chi connectivity index (χ1) is 27.7. The van der Waals surface area contributed by atoms with Gasteiger partial charge in [-0.1, -0.05) is 66.2 Å². The Labute approximate surface area is 340 Å². The molecule has 6 aromatic rings. The van der Waals surface area contributed by atoms with E-state index in [4.69, 9.17) is 11.6 Å². The first-order valence-corrected chi connectivity index (χ1v) is 21.2. The maximum absolute atomic E-state index is 13.7. The van der Waals surface area contributed by atoms with Gasteiger partial charge in [-0.2, -0.15) is 5.26 Å². The van der Waals surface area contributed by atoms with Gasteiger partial charge in [0.05, 0.1) is 21.4 Å². The van der Waals surface area contributed by atoms with Crippen molar-refractivity contribution in [2.75, 3.05) is 46.9 Å². The van der Waals surface area contributed by atoms with Crippen LogP contribution < -0.4 is 14.9 Å². The topological polar surface area (TPSA) is 157 Å². The molecule has 1 aromatic heterocycles. The molecule has 12 nitrogen and oxygen atoms in total. The number of fused-ring (bicyclic) bond motifs is 1. The third-order valence-corrected chi connectivity index (χ3v) is 12.6. The van der Waals surface area contributed by atoms with E-state index in [1.807, 2.05) is 66.7 Å². The van der Waals surface area contributed by atoms with Crippen LogP contribution in [-0.4, -0.2) is 66.2 Å². The third kappa shape index (κ3) is 9.81. The smallest absolute Gasteiger partial charge is 0.293 e. The summed E-state index contributed by atoms with van der Waals surface area (Å²) >= 11 is 7.70. The van der Waals surface area contributed by atoms with Crippen molar-refractivity contribution in [2.24, 2.45) is 0 Å². The minimum absolute atomic E-state index is 0.0649. The van der Waals surface area contributed by atoms with Crippen LogP contribution in [0.2, 0.25) is 5.02 Å². The van der Waals surface area contributed by atoms with Crippen LogP contribution in [0.5, 0.6) is 0 Å². The van der Waals surface area contributed by atoms with Gasteiger partial charge in [-0.25, -0.2) is 18.4 Å². The fourth-order valence-electron chi connectivity index (χ4n) is 6.81. The molecule has 0 bridgehead atoms. The second kappa shape index (κ2) is 18.0. The normalized spacial score (nSPS) is 13.9. The zero-order chi connectivity index (χ0) is 39.8. The van der Waals surface area contributed by atoms with E-state index >= 15 is 0 Å². The van der Waals surface area contributed by atoms with Crippen LogP contribution >= 0.6 is 23.4 Å². The Hall–Kier alpha value is -5.72. The molecule has 0 saturated carbocycles. The molecule has 1 aliphatic rings. The van der Waals surface area contributed by atoms with Gasteiger partial charge in [0.15, 0.2) is 5.82 Å². The van der Waals surface area contributed by atoms with Crippen molar-refractivity contribution in [2.45, 2.75) is 35.2 Å². The van der Waals surface area contributed by atoms with E-state index in [9.17, 15) is 23.8 Å². The van der Waals surface area contributed by atoms with E-state index in [-0.39, 0.29) is 28.9 Å². The van der Waals surface area contributed by atoms with Gasteiger partial charge in [-0.15, -0.1) is 11.8 Å². The number of hydrogen-bond acceptors (Lipinski definition) is 11. The number of nitrogens with zero attached hydrogens (tertiary/aromatic N) is 6. The van der Waals surface area contributed by atoms with Crippen LogP contribution in [0, 0.1) is 21.4 Å². The van der Waals surface area contributed by atoms with Crippen LogP contribution in [0.15, 0.2) is 131 Å². The number of nitro groups is 1. The minimum atomic E-state index is -4.29. The van der Waals surface area contributed by atoms with Gasteiger partial charge in [-0.3, -0.25) is 19.7 Å². The molecule has 1 atom stereocenters. The van der Waals surface area contributed by atoms with Crippen molar-refractivity contribution >= 4 is 67.2 Å². The summed E-state index contributed by atoms with van der Waals surface area (Å²) in [6.07, 6.45) is 2.00. The first-order valence-electron chi connectivity index (χ1n) is 18.4. The van der Waals surface area contributed by atoms with Crippen LogP contribution in [0.4, 0.5) is 22.9 Å². The molecule has 1 saturated heterocycles. The molecule has 0 aliphatic carbocycles. The fourth-order valence-corrected chi connectivity index (χ4v) is 8.97. The largest absolute Gasteiger partial charge is 0.376 e. The number of piperazine rings is 1. The Balaban J connectivity index is 1.02. The van der Waals surface area contributed by atoms with E-state index in [1.54, 1.807) is 17.8 Å². The molecule has 0 amide bonds. The molecule has 7 rings (SSSR count). The number of nitro benzene ring substituents is 1. The first kappa shape index (κ1) is 39.5. The molecular weight excluding hydrogens is 780 g/mol. The molecule has 5 aromatic carbocycles. The summed E-state index contributed by atoms with van der Waals surface area (Å²) in [5, 5.41) is 25.8. The lowest BCUT2D eigenvalue weighted by Gasteiger charge is -2.36. The van der Waals surface area contributed by atoms with E-state index < -0.39 is 20.6 Å². The number of benzene rings is 5. The number of anilines is 3. The Bertz CT molecular complexity index is 2510. The molecule has 2 heterocycles. The molecule has 57 heavy (non-hydrogen) atoms. The maximum Gasteiger partial charge on any atom is 0.293 e. The number of aromatic nitrogens is 2. The highest BCUT2D eigenvalue weighted by molar-refractivity contribution is 7.99. The number of sulfonamides is 1. The number of hydrogen-bond donors (Lipinski definition) is 2. The number of nitriles is 1. The minimum Gasteiger partial charge on any atom is -0.376 e. The zero-order valence-corrected chi connectivity index (χ0v) is 33.2.